The number of nitrogens with one attached hydrogen (secondary N) is 1. The third-order valence-corrected chi connectivity index (χ3v) is 4.65. The summed E-state index contributed by atoms with van der Waals surface area (Å²) in [6.45, 7) is 4.82. The summed E-state index contributed by atoms with van der Waals surface area (Å²) in [6, 6.07) is 16.1. The van der Waals surface area contributed by atoms with Crippen molar-refractivity contribution in [2.24, 2.45) is 0 Å². The Labute approximate surface area is 171 Å². The van der Waals surface area contributed by atoms with E-state index in [1.165, 1.54) is 0 Å². The SMILES string of the molecule is COc1ccc(/C=C(/NC(=O)c2ccccc2)C(=O)N2C[C@@H](C)O[C@H](C)C2)cc1. The first kappa shape index (κ1) is 20.6. The van der Waals surface area contributed by atoms with E-state index < -0.39 is 0 Å². The fourth-order valence-electron chi connectivity index (χ4n) is 3.32. The number of carbonyl (C=O) groups excluding carboxylic acids is 2. The minimum absolute atomic E-state index is 0.0604. The number of methoxy groups -OCH3 is 1. The van der Waals surface area contributed by atoms with Gasteiger partial charge in [0, 0.05) is 18.7 Å². The molecule has 2 aromatic carbocycles. The lowest BCUT2D eigenvalue weighted by Gasteiger charge is -2.35. The molecule has 152 valence electrons. The lowest BCUT2D eigenvalue weighted by Crippen LogP contribution is -2.50. The van der Waals surface area contributed by atoms with Gasteiger partial charge in [0.15, 0.2) is 0 Å². The Hall–Kier alpha value is -3.12. The van der Waals surface area contributed by atoms with Gasteiger partial charge in [0.1, 0.15) is 11.4 Å². The van der Waals surface area contributed by atoms with Crippen LogP contribution in [0.4, 0.5) is 0 Å². The number of hydrogen-bond acceptors (Lipinski definition) is 4. The fraction of sp³-hybridized carbons (Fsp3) is 0.304. The molecule has 1 aliphatic rings. The van der Waals surface area contributed by atoms with Crippen molar-refractivity contribution in [2.75, 3.05) is 20.2 Å². The van der Waals surface area contributed by atoms with Crippen LogP contribution in [0.25, 0.3) is 6.08 Å². The summed E-state index contributed by atoms with van der Waals surface area (Å²) < 4.78 is 10.9. The van der Waals surface area contributed by atoms with E-state index in [4.69, 9.17) is 9.47 Å². The van der Waals surface area contributed by atoms with Gasteiger partial charge in [-0.15, -0.1) is 0 Å². The second-order valence-corrected chi connectivity index (χ2v) is 7.12. The van der Waals surface area contributed by atoms with Crippen LogP contribution in [0.5, 0.6) is 5.75 Å². The first-order valence-corrected chi connectivity index (χ1v) is 9.63. The van der Waals surface area contributed by atoms with Gasteiger partial charge in [-0.25, -0.2) is 0 Å². The molecule has 6 nitrogen and oxygen atoms in total. The van der Waals surface area contributed by atoms with E-state index >= 15 is 0 Å². The summed E-state index contributed by atoms with van der Waals surface area (Å²) in [6.07, 6.45) is 1.57. The molecule has 0 aromatic heterocycles. The Morgan fingerprint density at radius 3 is 2.24 bits per heavy atom. The van der Waals surface area contributed by atoms with Crippen molar-refractivity contribution < 1.29 is 19.1 Å². The van der Waals surface area contributed by atoms with Crippen LogP contribution in [0.1, 0.15) is 29.8 Å². The van der Waals surface area contributed by atoms with E-state index in [9.17, 15) is 9.59 Å². The van der Waals surface area contributed by atoms with Crippen LogP contribution < -0.4 is 10.1 Å². The Balaban J connectivity index is 1.88. The lowest BCUT2D eigenvalue weighted by atomic mass is 10.1. The van der Waals surface area contributed by atoms with Crippen molar-refractivity contribution in [3.8, 4) is 5.75 Å². The molecule has 2 amide bonds. The molecule has 0 unspecified atom stereocenters. The highest BCUT2D eigenvalue weighted by molar-refractivity contribution is 6.05. The monoisotopic (exact) mass is 394 g/mol. The zero-order valence-electron chi connectivity index (χ0n) is 16.9. The van der Waals surface area contributed by atoms with Crippen LogP contribution in [-0.4, -0.2) is 49.1 Å². The fourth-order valence-corrected chi connectivity index (χ4v) is 3.32. The van der Waals surface area contributed by atoms with Crippen LogP contribution in [0.3, 0.4) is 0 Å². The average Bonchev–Trinajstić information content (AvgIpc) is 2.73. The first-order valence-electron chi connectivity index (χ1n) is 9.63. The Morgan fingerprint density at radius 1 is 1.03 bits per heavy atom. The minimum atomic E-state index is -0.326. The summed E-state index contributed by atoms with van der Waals surface area (Å²) in [7, 11) is 1.60. The average molecular weight is 394 g/mol. The van der Waals surface area contributed by atoms with E-state index in [1.54, 1.807) is 42.4 Å². The second kappa shape index (κ2) is 9.39. The third kappa shape index (κ3) is 5.45. The van der Waals surface area contributed by atoms with E-state index in [0.717, 1.165) is 11.3 Å². The van der Waals surface area contributed by atoms with Gasteiger partial charge in [0.2, 0.25) is 0 Å². The second-order valence-electron chi connectivity index (χ2n) is 7.12. The maximum absolute atomic E-state index is 13.2. The molecule has 6 heteroatoms. The van der Waals surface area contributed by atoms with E-state index in [-0.39, 0.29) is 29.7 Å². The Kier molecular flexibility index (Phi) is 6.67. The van der Waals surface area contributed by atoms with Gasteiger partial charge in [0.05, 0.1) is 19.3 Å². The van der Waals surface area contributed by atoms with Crippen molar-refractivity contribution in [3.63, 3.8) is 0 Å². The van der Waals surface area contributed by atoms with Gasteiger partial charge in [-0.1, -0.05) is 30.3 Å². The van der Waals surface area contributed by atoms with Crippen molar-refractivity contribution >= 4 is 17.9 Å². The van der Waals surface area contributed by atoms with Crippen molar-refractivity contribution in [1.29, 1.82) is 0 Å². The van der Waals surface area contributed by atoms with Gasteiger partial charge >= 0.3 is 0 Å². The summed E-state index contributed by atoms with van der Waals surface area (Å²) in [5.74, 6) is 0.166. The highest BCUT2D eigenvalue weighted by Crippen LogP contribution is 2.17. The number of hydrogen-bond donors (Lipinski definition) is 1. The standard InChI is InChI=1S/C23H26N2O4/c1-16-14-25(15-17(2)29-16)23(27)21(13-18-9-11-20(28-3)12-10-18)24-22(26)19-7-5-4-6-8-19/h4-13,16-17H,14-15H2,1-3H3,(H,24,26)/b21-13+/t16-,17-/m1/s1. The molecule has 2 aromatic rings. The summed E-state index contributed by atoms with van der Waals surface area (Å²) in [4.78, 5) is 27.7. The molecule has 1 aliphatic heterocycles. The van der Waals surface area contributed by atoms with Crippen molar-refractivity contribution in [3.05, 3.63) is 71.4 Å². The van der Waals surface area contributed by atoms with Gasteiger partial charge in [0.25, 0.3) is 11.8 Å². The predicted molar refractivity (Wildman–Crippen MR) is 111 cm³/mol. The summed E-state index contributed by atoms with van der Waals surface area (Å²) in [5.41, 5.74) is 1.51. The molecule has 0 radical (unpaired) electrons. The van der Waals surface area contributed by atoms with Crippen LogP contribution in [0.2, 0.25) is 0 Å². The molecule has 2 atom stereocenters. The smallest absolute Gasteiger partial charge is 0.270 e. The van der Waals surface area contributed by atoms with Gasteiger partial charge in [-0.3, -0.25) is 9.59 Å². The zero-order valence-corrected chi connectivity index (χ0v) is 16.9. The highest BCUT2D eigenvalue weighted by atomic mass is 16.5. The number of nitrogens with zero attached hydrogens (tertiary/aromatic N) is 1. The molecule has 0 saturated carbocycles. The molecule has 1 heterocycles. The predicted octanol–water partition coefficient (Wildman–Crippen LogP) is 3.10. The zero-order chi connectivity index (χ0) is 20.8. The van der Waals surface area contributed by atoms with Crippen molar-refractivity contribution in [2.45, 2.75) is 26.1 Å². The molecular weight excluding hydrogens is 368 g/mol. The van der Waals surface area contributed by atoms with Crippen LogP contribution in [0.15, 0.2) is 60.3 Å². The lowest BCUT2D eigenvalue weighted by molar-refractivity contribution is -0.139. The number of ether oxygens (including phenoxy) is 2. The maximum Gasteiger partial charge on any atom is 0.270 e. The molecule has 29 heavy (non-hydrogen) atoms. The molecule has 1 N–H and O–H groups in total. The Bertz CT molecular complexity index is 868. The van der Waals surface area contributed by atoms with Crippen LogP contribution in [0, 0.1) is 0 Å². The molecule has 3 rings (SSSR count). The molecule has 1 fully saturated rings. The third-order valence-electron chi connectivity index (χ3n) is 4.65. The van der Waals surface area contributed by atoms with E-state index in [2.05, 4.69) is 5.32 Å². The topological polar surface area (TPSA) is 67.9 Å². The normalized spacial score (nSPS) is 19.6. The quantitative estimate of drug-likeness (QED) is 0.792. The summed E-state index contributed by atoms with van der Waals surface area (Å²) >= 11 is 0. The van der Waals surface area contributed by atoms with Gasteiger partial charge in [-0.2, -0.15) is 0 Å². The largest absolute Gasteiger partial charge is 0.497 e. The minimum Gasteiger partial charge on any atom is -0.497 e. The maximum atomic E-state index is 13.2. The number of amides is 2. The number of carbonyl (C=O) groups is 2. The van der Waals surface area contributed by atoms with Crippen molar-refractivity contribution in [1.82, 2.24) is 10.2 Å². The summed E-state index contributed by atoms with van der Waals surface area (Å²) in [5, 5.41) is 2.80. The molecule has 0 bridgehead atoms. The van der Waals surface area contributed by atoms with Crippen LogP contribution in [-0.2, 0) is 9.53 Å². The van der Waals surface area contributed by atoms with E-state index in [0.29, 0.717) is 18.7 Å². The number of rotatable bonds is 5. The molecule has 1 saturated heterocycles. The Morgan fingerprint density at radius 2 is 1.66 bits per heavy atom. The highest BCUT2D eigenvalue weighted by Gasteiger charge is 2.28. The first-order chi connectivity index (χ1) is 14.0. The van der Waals surface area contributed by atoms with Crippen LogP contribution >= 0.6 is 0 Å². The number of morpholine rings is 1. The van der Waals surface area contributed by atoms with Gasteiger partial charge < -0.3 is 19.7 Å². The molecule has 0 spiro atoms. The van der Waals surface area contributed by atoms with E-state index in [1.807, 2.05) is 44.2 Å². The molecule has 0 aliphatic carbocycles. The molecular formula is C23H26N2O4. The number of benzene rings is 2. The van der Waals surface area contributed by atoms with Gasteiger partial charge in [-0.05, 0) is 49.8 Å².